The summed E-state index contributed by atoms with van der Waals surface area (Å²) in [6.45, 7) is 0. The van der Waals surface area contributed by atoms with Gasteiger partial charge in [0.15, 0.2) is 5.65 Å². The number of halogens is 1. The molecule has 0 aliphatic carbocycles. The number of rotatable bonds is 2. The molecular weight excluding hydrogens is 238 g/mol. The van der Waals surface area contributed by atoms with Crippen molar-refractivity contribution in [2.75, 3.05) is 0 Å². The zero-order valence-electron chi connectivity index (χ0n) is 7.59. The zero-order chi connectivity index (χ0) is 11.9. The molecule has 2 aromatic rings. The maximum absolute atomic E-state index is 11.0. The lowest BCUT2D eigenvalue weighted by molar-refractivity contribution is 0.0651. The predicted molar refractivity (Wildman–Crippen MR) is 51.9 cm³/mol. The molecule has 0 atom stereocenters. The molecule has 16 heavy (non-hydrogen) atoms. The van der Waals surface area contributed by atoms with Gasteiger partial charge in [-0.3, -0.25) is 0 Å². The molecule has 7 nitrogen and oxygen atoms in total. The molecule has 0 fully saturated rings. The fourth-order valence-corrected chi connectivity index (χ4v) is 1.45. The zero-order valence-corrected chi connectivity index (χ0v) is 8.34. The van der Waals surface area contributed by atoms with Crippen molar-refractivity contribution >= 4 is 29.2 Å². The molecule has 2 rings (SSSR count). The van der Waals surface area contributed by atoms with Gasteiger partial charge in [0, 0.05) is 0 Å². The van der Waals surface area contributed by atoms with Crippen LogP contribution < -0.4 is 0 Å². The fourth-order valence-electron chi connectivity index (χ4n) is 1.28. The van der Waals surface area contributed by atoms with E-state index in [1.54, 1.807) is 0 Å². The average Bonchev–Trinajstić information content (AvgIpc) is 2.55. The van der Waals surface area contributed by atoms with Crippen molar-refractivity contribution in [1.29, 1.82) is 0 Å². The van der Waals surface area contributed by atoms with Crippen LogP contribution in [0.1, 0.15) is 20.7 Å². The molecule has 82 valence electrons. The summed E-state index contributed by atoms with van der Waals surface area (Å²) in [6.07, 6.45) is 2.23. The molecule has 2 aromatic heterocycles. The monoisotopic (exact) mass is 241 g/mol. The number of nitrogens with zero attached hydrogens (tertiary/aromatic N) is 3. The van der Waals surface area contributed by atoms with E-state index in [-0.39, 0.29) is 10.8 Å². The maximum atomic E-state index is 11.0. The third-order valence-corrected chi connectivity index (χ3v) is 2.09. The van der Waals surface area contributed by atoms with E-state index in [1.807, 2.05) is 0 Å². The Labute approximate surface area is 92.9 Å². The summed E-state index contributed by atoms with van der Waals surface area (Å²) in [7, 11) is 0. The number of carbonyl (C=O) groups is 2. The Morgan fingerprint density at radius 2 is 2.00 bits per heavy atom. The van der Waals surface area contributed by atoms with E-state index in [0.717, 1.165) is 10.7 Å². The molecule has 0 unspecified atom stereocenters. The molecule has 0 saturated carbocycles. The van der Waals surface area contributed by atoms with Gasteiger partial charge in [-0.1, -0.05) is 11.6 Å². The van der Waals surface area contributed by atoms with E-state index in [9.17, 15) is 9.59 Å². The van der Waals surface area contributed by atoms with Crippen molar-refractivity contribution in [3.63, 3.8) is 0 Å². The Hall–Kier alpha value is -2.15. The minimum atomic E-state index is -1.40. The smallest absolute Gasteiger partial charge is 0.340 e. The Morgan fingerprint density at radius 1 is 1.31 bits per heavy atom. The summed E-state index contributed by atoms with van der Waals surface area (Å²) in [6, 6.07) is 0. The lowest BCUT2D eigenvalue weighted by Crippen LogP contribution is -2.12. The predicted octanol–water partition coefficient (Wildman–Crippen LogP) is 0.779. The minimum absolute atomic E-state index is 0.0394. The second kappa shape index (κ2) is 3.46. The highest BCUT2D eigenvalue weighted by atomic mass is 35.5. The summed E-state index contributed by atoms with van der Waals surface area (Å²) in [5.74, 6) is -2.78. The topological polar surface area (TPSA) is 105 Å². The van der Waals surface area contributed by atoms with Gasteiger partial charge in [-0.25, -0.2) is 19.1 Å². The van der Waals surface area contributed by atoms with Crippen LogP contribution in [-0.2, 0) is 0 Å². The highest BCUT2D eigenvalue weighted by Gasteiger charge is 2.22. The Morgan fingerprint density at radius 3 is 2.56 bits per heavy atom. The van der Waals surface area contributed by atoms with Crippen LogP contribution >= 0.6 is 11.6 Å². The molecule has 0 bridgehead atoms. The molecular formula is C8H4ClN3O4. The van der Waals surface area contributed by atoms with E-state index < -0.39 is 23.1 Å². The molecule has 0 aromatic carbocycles. The van der Waals surface area contributed by atoms with Crippen LogP contribution in [0.2, 0.25) is 5.15 Å². The second-order valence-corrected chi connectivity index (χ2v) is 3.26. The van der Waals surface area contributed by atoms with Crippen LogP contribution in [-0.4, -0.2) is 36.7 Å². The number of aromatic carboxylic acids is 2. The molecule has 0 saturated heterocycles. The van der Waals surface area contributed by atoms with Gasteiger partial charge in [0.25, 0.3) is 0 Å². The third kappa shape index (κ3) is 1.47. The standard InChI is InChI=1S/C8H4ClN3O4/c9-4-2-12-6(11-4)5(8(15)16)3(1-10-12)7(13)14/h1-2H,(H,13,14)(H,15,16). The van der Waals surface area contributed by atoms with Crippen molar-refractivity contribution in [3.05, 3.63) is 28.7 Å². The molecule has 2 N–H and O–H groups in total. The van der Waals surface area contributed by atoms with Gasteiger partial charge in [0.05, 0.1) is 18.0 Å². The van der Waals surface area contributed by atoms with Crippen molar-refractivity contribution < 1.29 is 19.8 Å². The van der Waals surface area contributed by atoms with Crippen LogP contribution in [0.25, 0.3) is 5.65 Å². The first-order chi connectivity index (χ1) is 7.50. The highest BCUT2D eigenvalue weighted by Crippen LogP contribution is 2.17. The van der Waals surface area contributed by atoms with E-state index in [2.05, 4.69) is 10.1 Å². The summed E-state index contributed by atoms with van der Waals surface area (Å²) in [5.41, 5.74) is -0.964. The average molecular weight is 242 g/mol. The number of fused-ring (bicyclic) bond motifs is 1. The summed E-state index contributed by atoms with van der Waals surface area (Å²) in [4.78, 5) is 25.5. The number of aromatic nitrogens is 3. The van der Waals surface area contributed by atoms with Crippen LogP contribution in [0.15, 0.2) is 12.4 Å². The fraction of sp³-hybridized carbons (Fsp3) is 0. The summed E-state index contributed by atoms with van der Waals surface area (Å²) < 4.78 is 1.11. The molecule has 0 aliphatic heterocycles. The quantitative estimate of drug-likeness (QED) is 0.805. The molecule has 0 spiro atoms. The first kappa shape index (κ1) is 10.4. The van der Waals surface area contributed by atoms with Gasteiger partial charge in [0.2, 0.25) is 0 Å². The van der Waals surface area contributed by atoms with E-state index in [0.29, 0.717) is 0 Å². The van der Waals surface area contributed by atoms with Gasteiger partial charge in [-0.2, -0.15) is 5.10 Å². The lowest BCUT2D eigenvalue weighted by atomic mass is 10.1. The van der Waals surface area contributed by atoms with Crippen molar-refractivity contribution in [3.8, 4) is 0 Å². The molecule has 0 radical (unpaired) electrons. The normalized spacial score (nSPS) is 10.6. The van der Waals surface area contributed by atoms with Crippen molar-refractivity contribution in [1.82, 2.24) is 14.6 Å². The van der Waals surface area contributed by atoms with Gasteiger partial charge < -0.3 is 10.2 Å². The molecule has 0 aliphatic rings. The first-order valence-electron chi connectivity index (χ1n) is 4.01. The maximum Gasteiger partial charge on any atom is 0.340 e. The van der Waals surface area contributed by atoms with E-state index in [4.69, 9.17) is 21.8 Å². The van der Waals surface area contributed by atoms with Gasteiger partial charge in [0.1, 0.15) is 10.7 Å². The van der Waals surface area contributed by atoms with E-state index >= 15 is 0 Å². The van der Waals surface area contributed by atoms with Crippen molar-refractivity contribution in [2.24, 2.45) is 0 Å². The van der Waals surface area contributed by atoms with Crippen LogP contribution in [0, 0.1) is 0 Å². The van der Waals surface area contributed by atoms with E-state index in [1.165, 1.54) is 6.20 Å². The minimum Gasteiger partial charge on any atom is -0.478 e. The number of hydrogen-bond donors (Lipinski definition) is 2. The molecule has 8 heteroatoms. The summed E-state index contributed by atoms with van der Waals surface area (Å²) >= 11 is 5.58. The first-order valence-corrected chi connectivity index (χ1v) is 4.39. The number of carboxylic acids is 2. The summed E-state index contributed by atoms with van der Waals surface area (Å²) in [5, 5.41) is 21.5. The van der Waals surface area contributed by atoms with Gasteiger partial charge >= 0.3 is 11.9 Å². The Bertz CT molecular complexity index is 607. The molecule has 2 heterocycles. The SMILES string of the molecule is O=C(O)c1cnn2cc(Cl)nc2c1C(=O)O. The Kier molecular flexibility index (Phi) is 2.24. The van der Waals surface area contributed by atoms with Gasteiger partial charge in [-0.15, -0.1) is 0 Å². The molecule has 0 amide bonds. The third-order valence-electron chi connectivity index (χ3n) is 1.91. The van der Waals surface area contributed by atoms with Crippen LogP contribution in [0.5, 0.6) is 0 Å². The highest BCUT2D eigenvalue weighted by molar-refractivity contribution is 6.29. The number of hydrogen-bond acceptors (Lipinski definition) is 4. The van der Waals surface area contributed by atoms with Gasteiger partial charge in [-0.05, 0) is 0 Å². The largest absolute Gasteiger partial charge is 0.478 e. The number of imidazole rings is 1. The van der Waals surface area contributed by atoms with Crippen LogP contribution in [0.4, 0.5) is 0 Å². The lowest BCUT2D eigenvalue weighted by Gasteiger charge is -2.01. The van der Waals surface area contributed by atoms with Crippen molar-refractivity contribution in [2.45, 2.75) is 0 Å². The van der Waals surface area contributed by atoms with Crippen LogP contribution in [0.3, 0.4) is 0 Å². The second-order valence-electron chi connectivity index (χ2n) is 2.88. The number of carboxylic acid groups (broad SMARTS) is 2. The Balaban J connectivity index is 2.88.